The summed E-state index contributed by atoms with van der Waals surface area (Å²) in [7, 11) is 0. The van der Waals surface area contributed by atoms with Gasteiger partial charge in [0.05, 0.1) is 12.0 Å². The molecule has 0 saturated carbocycles. The Morgan fingerprint density at radius 2 is 1.93 bits per heavy atom. The third-order valence-electron chi connectivity index (χ3n) is 4.58. The van der Waals surface area contributed by atoms with E-state index in [9.17, 15) is 22.4 Å². The van der Waals surface area contributed by atoms with Crippen LogP contribution < -0.4 is 10.2 Å². The standard InChI is InChI=1S/C20H20F4N2O/c21-16-6-2-8-18(12-16)26-9-3-7-17(13-26)25-19(27)11-14-4-1-5-15(10-14)20(22,23)24/h1-2,4-6,8,10,12,17H,3,7,9,11,13H2,(H,25,27). The Labute approximate surface area is 155 Å². The monoisotopic (exact) mass is 380 g/mol. The molecular formula is C20H20F4N2O. The van der Waals surface area contributed by atoms with Gasteiger partial charge in [0.15, 0.2) is 0 Å². The highest BCUT2D eigenvalue weighted by Gasteiger charge is 2.30. The number of nitrogens with zero attached hydrogens (tertiary/aromatic N) is 1. The molecule has 1 atom stereocenters. The third kappa shape index (κ3) is 5.21. The molecule has 1 amide bonds. The predicted molar refractivity (Wildman–Crippen MR) is 94.9 cm³/mol. The van der Waals surface area contributed by atoms with Crippen molar-refractivity contribution in [1.29, 1.82) is 0 Å². The second kappa shape index (κ2) is 7.98. The van der Waals surface area contributed by atoms with Crippen LogP contribution in [0.2, 0.25) is 0 Å². The number of hydrogen-bond acceptors (Lipinski definition) is 2. The van der Waals surface area contributed by atoms with Crippen molar-refractivity contribution in [2.24, 2.45) is 0 Å². The summed E-state index contributed by atoms with van der Waals surface area (Å²) in [4.78, 5) is 14.3. The molecule has 0 bridgehead atoms. The lowest BCUT2D eigenvalue weighted by Crippen LogP contribution is -2.48. The molecule has 0 spiro atoms. The van der Waals surface area contributed by atoms with Crippen molar-refractivity contribution in [3.05, 3.63) is 65.5 Å². The van der Waals surface area contributed by atoms with Crippen LogP contribution in [0.5, 0.6) is 0 Å². The second-order valence-corrected chi connectivity index (χ2v) is 6.71. The molecule has 1 aliphatic rings. The van der Waals surface area contributed by atoms with Gasteiger partial charge in [-0.1, -0.05) is 24.3 Å². The number of carbonyl (C=O) groups excluding carboxylic acids is 1. The first-order valence-electron chi connectivity index (χ1n) is 8.77. The number of amides is 1. The number of halogens is 4. The molecular weight excluding hydrogens is 360 g/mol. The minimum Gasteiger partial charge on any atom is -0.369 e. The molecule has 1 fully saturated rings. The first-order chi connectivity index (χ1) is 12.8. The number of nitrogens with one attached hydrogen (secondary N) is 1. The summed E-state index contributed by atoms with van der Waals surface area (Å²) in [5.74, 6) is -0.636. The van der Waals surface area contributed by atoms with Crippen LogP contribution in [0.3, 0.4) is 0 Å². The van der Waals surface area contributed by atoms with E-state index in [0.717, 1.165) is 37.2 Å². The van der Waals surface area contributed by atoms with E-state index in [2.05, 4.69) is 5.32 Å². The van der Waals surface area contributed by atoms with Gasteiger partial charge in [-0.3, -0.25) is 4.79 Å². The van der Waals surface area contributed by atoms with Crippen molar-refractivity contribution in [3.8, 4) is 0 Å². The van der Waals surface area contributed by atoms with Gasteiger partial charge in [-0.05, 0) is 42.7 Å². The molecule has 1 N–H and O–H groups in total. The topological polar surface area (TPSA) is 32.3 Å². The van der Waals surface area contributed by atoms with E-state index in [-0.39, 0.29) is 24.2 Å². The summed E-state index contributed by atoms with van der Waals surface area (Å²) in [5, 5.41) is 2.88. The normalized spacial score (nSPS) is 17.6. The highest BCUT2D eigenvalue weighted by atomic mass is 19.4. The molecule has 144 valence electrons. The van der Waals surface area contributed by atoms with Gasteiger partial charge < -0.3 is 10.2 Å². The Morgan fingerprint density at radius 3 is 2.67 bits per heavy atom. The van der Waals surface area contributed by atoms with Gasteiger partial charge in [0.25, 0.3) is 0 Å². The Morgan fingerprint density at radius 1 is 1.15 bits per heavy atom. The van der Waals surface area contributed by atoms with Crippen molar-refractivity contribution in [2.75, 3.05) is 18.0 Å². The zero-order chi connectivity index (χ0) is 19.4. The number of benzene rings is 2. The number of rotatable bonds is 4. The maximum atomic E-state index is 13.4. The van der Waals surface area contributed by atoms with Gasteiger partial charge in [-0.2, -0.15) is 13.2 Å². The molecule has 2 aromatic carbocycles. The number of anilines is 1. The zero-order valence-corrected chi connectivity index (χ0v) is 14.6. The van der Waals surface area contributed by atoms with Gasteiger partial charge in [0.1, 0.15) is 5.82 Å². The highest BCUT2D eigenvalue weighted by molar-refractivity contribution is 5.79. The minimum absolute atomic E-state index is 0.111. The average Bonchev–Trinajstić information content (AvgIpc) is 2.61. The SMILES string of the molecule is O=C(Cc1cccc(C(F)(F)F)c1)NC1CCCN(c2cccc(F)c2)C1. The van der Waals surface area contributed by atoms with Gasteiger partial charge in [0.2, 0.25) is 5.91 Å². The molecule has 3 rings (SSSR count). The molecule has 1 unspecified atom stereocenters. The zero-order valence-electron chi connectivity index (χ0n) is 14.6. The van der Waals surface area contributed by atoms with Gasteiger partial charge in [0, 0.05) is 24.8 Å². The lowest BCUT2D eigenvalue weighted by Gasteiger charge is -2.34. The summed E-state index contributed by atoms with van der Waals surface area (Å²) >= 11 is 0. The van der Waals surface area contributed by atoms with E-state index in [1.54, 1.807) is 6.07 Å². The molecule has 0 aliphatic carbocycles. The van der Waals surface area contributed by atoms with Crippen LogP contribution in [-0.4, -0.2) is 25.0 Å². The van der Waals surface area contributed by atoms with Gasteiger partial charge >= 0.3 is 6.18 Å². The molecule has 27 heavy (non-hydrogen) atoms. The molecule has 1 heterocycles. The van der Waals surface area contributed by atoms with Crippen LogP contribution in [0, 0.1) is 5.82 Å². The minimum atomic E-state index is -4.43. The smallest absolute Gasteiger partial charge is 0.369 e. The Balaban J connectivity index is 1.59. The summed E-state index contributed by atoms with van der Waals surface area (Å²) in [5.41, 5.74) is 0.315. The highest BCUT2D eigenvalue weighted by Crippen LogP contribution is 2.29. The van der Waals surface area contributed by atoms with Crippen LogP contribution in [-0.2, 0) is 17.4 Å². The predicted octanol–water partition coefficient (Wildman–Crippen LogP) is 4.17. The number of piperidine rings is 1. The van der Waals surface area contributed by atoms with Gasteiger partial charge in [-0.15, -0.1) is 0 Å². The fraction of sp³-hybridized carbons (Fsp3) is 0.350. The van der Waals surface area contributed by atoms with Gasteiger partial charge in [-0.25, -0.2) is 4.39 Å². The van der Waals surface area contributed by atoms with Crippen LogP contribution in [0.1, 0.15) is 24.0 Å². The summed E-state index contributed by atoms with van der Waals surface area (Å²) in [6.45, 7) is 1.31. The second-order valence-electron chi connectivity index (χ2n) is 6.71. The van der Waals surface area contributed by atoms with Crippen LogP contribution in [0.15, 0.2) is 48.5 Å². The van der Waals surface area contributed by atoms with Crippen molar-refractivity contribution in [3.63, 3.8) is 0 Å². The largest absolute Gasteiger partial charge is 0.416 e. The summed E-state index contributed by atoms with van der Waals surface area (Å²) in [6.07, 6.45) is -2.92. The maximum absolute atomic E-state index is 13.4. The first-order valence-corrected chi connectivity index (χ1v) is 8.77. The van der Waals surface area contributed by atoms with E-state index in [4.69, 9.17) is 0 Å². The Bertz CT molecular complexity index is 807. The summed E-state index contributed by atoms with van der Waals surface area (Å²) < 4.78 is 51.7. The van der Waals surface area contributed by atoms with E-state index >= 15 is 0 Å². The van der Waals surface area contributed by atoms with E-state index < -0.39 is 11.7 Å². The molecule has 3 nitrogen and oxygen atoms in total. The van der Waals surface area contributed by atoms with Crippen LogP contribution in [0.25, 0.3) is 0 Å². The molecule has 1 saturated heterocycles. The fourth-order valence-corrected chi connectivity index (χ4v) is 3.32. The van der Waals surface area contributed by atoms with Crippen LogP contribution in [0.4, 0.5) is 23.2 Å². The Hall–Kier alpha value is -2.57. The van der Waals surface area contributed by atoms with E-state index in [1.165, 1.54) is 24.3 Å². The lowest BCUT2D eigenvalue weighted by atomic mass is 10.0. The number of alkyl halides is 3. The van der Waals surface area contributed by atoms with Crippen molar-refractivity contribution in [2.45, 2.75) is 31.5 Å². The van der Waals surface area contributed by atoms with Crippen molar-refractivity contribution < 1.29 is 22.4 Å². The third-order valence-corrected chi connectivity index (χ3v) is 4.58. The molecule has 0 aromatic heterocycles. The molecule has 1 aliphatic heterocycles. The molecule has 7 heteroatoms. The van der Waals surface area contributed by atoms with Crippen molar-refractivity contribution >= 4 is 11.6 Å². The number of hydrogen-bond donors (Lipinski definition) is 1. The van der Waals surface area contributed by atoms with Crippen LogP contribution >= 0.6 is 0 Å². The van der Waals surface area contributed by atoms with E-state index in [1.807, 2.05) is 11.0 Å². The first kappa shape index (κ1) is 19.2. The lowest BCUT2D eigenvalue weighted by molar-refractivity contribution is -0.137. The van der Waals surface area contributed by atoms with E-state index in [0.29, 0.717) is 12.1 Å². The fourth-order valence-electron chi connectivity index (χ4n) is 3.32. The maximum Gasteiger partial charge on any atom is 0.416 e. The Kier molecular flexibility index (Phi) is 5.68. The molecule has 0 radical (unpaired) electrons. The number of carbonyl (C=O) groups is 1. The average molecular weight is 380 g/mol. The quantitative estimate of drug-likeness (QED) is 0.808. The molecule has 2 aromatic rings. The van der Waals surface area contributed by atoms with Crippen molar-refractivity contribution in [1.82, 2.24) is 5.32 Å². The summed E-state index contributed by atoms with van der Waals surface area (Å²) in [6, 6.07) is 11.0.